The minimum absolute atomic E-state index is 0.222. The van der Waals surface area contributed by atoms with E-state index in [1.807, 2.05) is 6.92 Å². The molecule has 0 aliphatic heterocycles. The van der Waals surface area contributed by atoms with E-state index in [9.17, 15) is 13.2 Å². The van der Waals surface area contributed by atoms with Gasteiger partial charge in [-0.25, -0.2) is 0 Å². The van der Waals surface area contributed by atoms with Crippen LogP contribution >= 0.6 is 15.9 Å². The van der Waals surface area contributed by atoms with Crippen LogP contribution < -0.4 is 0 Å². The van der Waals surface area contributed by atoms with Crippen LogP contribution in [0.15, 0.2) is 10.7 Å². The molecule has 0 N–H and O–H groups in total. The number of alkyl halides is 3. The number of aromatic nitrogens is 2. The van der Waals surface area contributed by atoms with Gasteiger partial charge in [-0.05, 0) is 22.4 Å². The largest absolute Gasteiger partial charge is 0.408 e. The number of ether oxygens (including phenoxy) is 1. The monoisotopic (exact) mass is 300 g/mol. The van der Waals surface area contributed by atoms with Gasteiger partial charge in [-0.1, -0.05) is 6.92 Å². The highest BCUT2D eigenvalue weighted by Gasteiger charge is 2.28. The fraction of sp³-hybridized carbons (Fsp3) is 0.667. The van der Waals surface area contributed by atoms with Crippen molar-refractivity contribution in [2.75, 3.05) is 6.61 Å². The van der Waals surface area contributed by atoms with Crippen LogP contribution in [0.2, 0.25) is 0 Å². The van der Waals surface area contributed by atoms with E-state index in [-0.39, 0.29) is 6.61 Å². The number of nitrogens with zero attached hydrogens (tertiary/aromatic N) is 2. The maximum atomic E-state index is 12.1. The molecule has 0 unspecified atom stereocenters. The van der Waals surface area contributed by atoms with Crippen LogP contribution in [0.1, 0.15) is 19.0 Å². The number of rotatable bonds is 5. The molecular weight excluding hydrogens is 289 g/mol. The highest BCUT2D eigenvalue weighted by molar-refractivity contribution is 9.10. The molecule has 3 nitrogen and oxygen atoms in total. The van der Waals surface area contributed by atoms with Crippen LogP contribution in [0.5, 0.6) is 0 Å². The zero-order valence-corrected chi connectivity index (χ0v) is 10.3. The van der Waals surface area contributed by atoms with Crippen molar-refractivity contribution >= 4 is 15.9 Å². The fourth-order valence-corrected chi connectivity index (χ4v) is 1.54. The number of hydrogen-bond acceptors (Lipinski definition) is 2. The van der Waals surface area contributed by atoms with Gasteiger partial charge in [-0.15, -0.1) is 0 Å². The van der Waals surface area contributed by atoms with Crippen LogP contribution in [0.3, 0.4) is 0 Å². The third-order valence-electron chi connectivity index (χ3n) is 1.72. The Kier molecular flexibility index (Phi) is 4.79. The molecule has 7 heteroatoms. The summed E-state index contributed by atoms with van der Waals surface area (Å²) >= 11 is 3.15. The zero-order valence-electron chi connectivity index (χ0n) is 8.72. The molecule has 1 aromatic heterocycles. The lowest BCUT2D eigenvalue weighted by atomic mass is 10.4. The third-order valence-corrected chi connectivity index (χ3v) is 2.38. The van der Waals surface area contributed by atoms with Crippen LogP contribution in [-0.2, 0) is 17.9 Å². The molecule has 0 aromatic carbocycles. The van der Waals surface area contributed by atoms with Crippen molar-refractivity contribution in [3.05, 3.63) is 16.4 Å². The SMILES string of the molecule is CCCOCc1nn(CC(F)(F)F)cc1Br. The van der Waals surface area contributed by atoms with Crippen LogP contribution in [0.4, 0.5) is 13.2 Å². The molecule has 1 heterocycles. The van der Waals surface area contributed by atoms with Gasteiger partial charge in [0.05, 0.1) is 11.1 Å². The highest BCUT2D eigenvalue weighted by atomic mass is 79.9. The molecule has 1 aromatic rings. The van der Waals surface area contributed by atoms with E-state index in [1.54, 1.807) is 0 Å². The molecule has 0 radical (unpaired) electrons. The second kappa shape index (κ2) is 5.67. The molecule has 1 rings (SSSR count). The smallest absolute Gasteiger partial charge is 0.375 e. The molecule has 0 atom stereocenters. The summed E-state index contributed by atoms with van der Waals surface area (Å²) in [6, 6.07) is 0. The first kappa shape index (κ1) is 13.5. The summed E-state index contributed by atoms with van der Waals surface area (Å²) in [5.41, 5.74) is 0.484. The van der Waals surface area contributed by atoms with Gasteiger partial charge in [0.2, 0.25) is 0 Å². The van der Waals surface area contributed by atoms with Gasteiger partial charge in [0.25, 0.3) is 0 Å². The molecule has 0 saturated carbocycles. The van der Waals surface area contributed by atoms with Crippen LogP contribution in [-0.4, -0.2) is 22.6 Å². The second-order valence-electron chi connectivity index (χ2n) is 3.29. The molecule has 92 valence electrons. The topological polar surface area (TPSA) is 27.1 Å². The zero-order chi connectivity index (χ0) is 12.2. The summed E-state index contributed by atoms with van der Waals surface area (Å²) < 4.78 is 42.8. The summed E-state index contributed by atoms with van der Waals surface area (Å²) in [5, 5.41) is 3.79. The van der Waals surface area contributed by atoms with E-state index in [1.165, 1.54) is 6.20 Å². The first-order valence-corrected chi connectivity index (χ1v) is 5.58. The second-order valence-corrected chi connectivity index (χ2v) is 4.14. The van der Waals surface area contributed by atoms with Crippen molar-refractivity contribution in [2.45, 2.75) is 32.7 Å². The van der Waals surface area contributed by atoms with Crippen molar-refractivity contribution in [3.8, 4) is 0 Å². The van der Waals surface area contributed by atoms with Crippen molar-refractivity contribution in [3.63, 3.8) is 0 Å². The van der Waals surface area contributed by atoms with Crippen LogP contribution in [0.25, 0.3) is 0 Å². The van der Waals surface area contributed by atoms with Gasteiger partial charge in [0.15, 0.2) is 0 Å². The minimum atomic E-state index is -4.26. The lowest BCUT2D eigenvalue weighted by Crippen LogP contribution is -2.18. The third kappa shape index (κ3) is 4.52. The molecule has 0 aliphatic rings. The average molecular weight is 301 g/mol. The predicted octanol–water partition coefficient (Wildman–Crippen LogP) is 3.13. The lowest BCUT2D eigenvalue weighted by molar-refractivity contribution is -0.142. The Balaban J connectivity index is 2.59. The Morgan fingerprint density at radius 2 is 2.19 bits per heavy atom. The van der Waals surface area contributed by atoms with E-state index >= 15 is 0 Å². The van der Waals surface area contributed by atoms with Crippen molar-refractivity contribution in [1.29, 1.82) is 0 Å². The fourth-order valence-electron chi connectivity index (χ4n) is 1.11. The summed E-state index contributed by atoms with van der Waals surface area (Å²) in [6.07, 6.45) is -2.09. The Morgan fingerprint density at radius 1 is 1.50 bits per heavy atom. The van der Waals surface area contributed by atoms with E-state index < -0.39 is 12.7 Å². The van der Waals surface area contributed by atoms with Gasteiger partial charge in [0.1, 0.15) is 12.2 Å². The quantitative estimate of drug-likeness (QED) is 0.781. The molecule has 0 saturated heterocycles. The summed E-state index contributed by atoms with van der Waals surface area (Å²) in [7, 11) is 0. The Hall–Kier alpha value is -0.560. The molecule has 0 amide bonds. The first-order valence-electron chi connectivity index (χ1n) is 4.78. The van der Waals surface area contributed by atoms with Crippen molar-refractivity contribution in [1.82, 2.24) is 9.78 Å². The van der Waals surface area contributed by atoms with Gasteiger partial charge in [-0.2, -0.15) is 18.3 Å². The first-order chi connectivity index (χ1) is 7.42. The summed E-state index contributed by atoms with van der Waals surface area (Å²) in [4.78, 5) is 0. The van der Waals surface area contributed by atoms with Crippen molar-refractivity contribution < 1.29 is 17.9 Å². The predicted molar refractivity (Wildman–Crippen MR) is 55.9 cm³/mol. The van der Waals surface area contributed by atoms with Crippen molar-refractivity contribution in [2.24, 2.45) is 0 Å². The molecule has 0 spiro atoms. The molecule has 0 aliphatic carbocycles. The van der Waals surface area contributed by atoms with E-state index in [2.05, 4.69) is 21.0 Å². The van der Waals surface area contributed by atoms with E-state index in [0.717, 1.165) is 11.1 Å². The highest BCUT2D eigenvalue weighted by Crippen LogP contribution is 2.21. The van der Waals surface area contributed by atoms with Gasteiger partial charge < -0.3 is 4.74 Å². The molecule has 16 heavy (non-hydrogen) atoms. The maximum absolute atomic E-state index is 12.1. The summed E-state index contributed by atoms with van der Waals surface area (Å²) in [5.74, 6) is 0. The average Bonchev–Trinajstić information content (AvgIpc) is 2.44. The molecule has 0 fully saturated rings. The lowest BCUT2D eigenvalue weighted by Gasteiger charge is -2.05. The normalized spacial score (nSPS) is 12.1. The van der Waals surface area contributed by atoms with Crippen LogP contribution in [0, 0.1) is 0 Å². The standard InChI is InChI=1S/C9H12BrF3N2O/c1-2-3-16-5-8-7(10)4-15(14-8)6-9(11,12)13/h4H,2-3,5-6H2,1H3. The summed E-state index contributed by atoms with van der Waals surface area (Å²) in [6.45, 7) is 1.66. The number of halogens is 4. The Labute approximate surface area is 99.7 Å². The molecule has 0 bridgehead atoms. The Morgan fingerprint density at radius 3 is 2.75 bits per heavy atom. The maximum Gasteiger partial charge on any atom is 0.408 e. The van der Waals surface area contributed by atoms with Gasteiger partial charge in [0, 0.05) is 12.8 Å². The van der Waals surface area contributed by atoms with Gasteiger partial charge in [-0.3, -0.25) is 4.68 Å². The number of hydrogen-bond donors (Lipinski definition) is 0. The Bertz CT molecular complexity index is 338. The minimum Gasteiger partial charge on any atom is -0.375 e. The van der Waals surface area contributed by atoms with E-state index in [4.69, 9.17) is 4.74 Å². The van der Waals surface area contributed by atoms with E-state index in [0.29, 0.717) is 16.8 Å². The van der Waals surface area contributed by atoms with Gasteiger partial charge >= 0.3 is 6.18 Å². The molecular formula is C9H12BrF3N2O.